The molecule has 0 aliphatic rings. The van der Waals surface area contributed by atoms with Crippen molar-refractivity contribution in [1.29, 1.82) is 0 Å². The van der Waals surface area contributed by atoms with Crippen LogP contribution in [0.1, 0.15) is 27.7 Å². The Bertz CT molecular complexity index is 850. The second-order valence-corrected chi connectivity index (χ2v) is 6.38. The van der Waals surface area contributed by atoms with Gasteiger partial charge in [0.2, 0.25) is 0 Å². The summed E-state index contributed by atoms with van der Waals surface area (Å²) >= 11 is 0.753. The molecule has 2 aromatic rings. The van der Waals surface area contributed by atoms with E-state index in [4.69, 9.17) is 14.2 Å². The average molecular weight is 394 g/mol. The minimum atomic E-state index is -0.717. The van der Waals surface area contributed by atoms with Gasteiger partial charge in [-0.1, -0.05) is 17.4 Å². The van der Waals surface area contributed by atoms with Gasteiger partial charge < -0.3 is 19.5 Å². The number of nitrogens with one attached hydrogen (secondary N) is 1. The molecule has 1 amide bonds. The van der Waals surface area contributed by atoms with Gasteiger partial charge in [-0.05, 0) is 23.8 Å². The number of esters is 1. The number of carbonyl (C=O) groups is 2. The molecular formula is C17H18N2O7S. The number of methoxy groups -OCH3 is 3. The fourth-order valence-corrected chi connectivity index (χ4v) is 3.07. The monoisotopic (exact) mass is 394 g/mol. The van der Waals surface area contributed by atoms with Gasteiger partial charge in [-0.25, -0.2) is 0 Å². The van der Waals surface area contributed by atoms with Gasteiger partial charge in [-0.2, -0.15) is 0 Å². The Morgan fingerprint density at radius 3 is 2.41 bits per heavy atom. The van der Waals surface area contributed by atoms with Gasteiger partial charge in [0, 0.05) is 6.07 Å². The molecule has 0 aliphatic heterocycles. The Morgan fingerprint density at radius 2 is 1.85 bits per heavy atom. The maximum atomic E-state index is 12.5. The summed E-state index contributed by atoms with van der Waals surface area (Å²) in [5, 5.41) is 13.4. The number of nitrogens with zero attached hydrogens (tertiary/aromatic N) is 1. The van der Waals surface area contributed by atoms with Gasteiger partial charge in [-0.15, -0.1) is 0 Å². The molecule has 0 saturated heterocycles. The van der Waals surface area contributed by atoms with E-state index in [0.717, 1.165) is 11.3 Å². The molecule has 0 fully saturated rings. The number of nitro groups is 1. The quantitative estimate of drug-likeness (QED) is 0.415. The topological polar surface area (TPSA) is 117 Å². The van der Waals surface area contributed by atoms with Gasteiger partial charge in [0.1, 0.15) is 0 Å². The van der Waals surface area contributed by atoms with Gasteiger partial charge in [0.25, 0.3) is 5.91 Å². The molecule has 1 aromatic heterocycles. The van der Waals surface area contributed by atoms with E-state index in [1.54, 1.807) is 18.2 Å². The second kappa shape index (κ2) is 8.99. The standard InChI is InChI=1S/C17H18N2O7S/c1-24-12-5-4-10(8-13(12)25-2)11(9-16(20)26-3)18-17(21)14-6-7-15(27-14)19(22)23/h4-8,11H,9H2,1-3H3,(H,18,21). The van der Waals surface area contributed by atoms with E-state index in [1.807, 2.05) is 0 Å². The first-order chi connectivity index (χ1) is 12.9. The molecule has 1 atom stereocenters. The van der Waals surface area contributed by atoms with Crippen LogP contribution in [0.3, 0.4) is 0 Å². The maximum Gasteiger partial charge on any atom is 0.324 e. The summed E-state index contributed by atoms with van der Waals surface area (Å²) in [6.45, 7) is 0. The molecule has 1 N–H and O–H groups in total. The molecule has 0 bridgehead atoms. The Balaban J connectivity index is 2.29. The van der Waals surface area contributed by atoms with Gasteiger partial charge in [0.15, 0.2) is 11.5 Å². The van der Waals surface area contributed by atoms with Crippen LogP contribution in [0.4, 0.5) is 5.00 Å². The summed E-state index contributed by atoms with van der Waals surface area (Å²) in [4.78, 5) is 34.6. The van der Waals surface area contributed by atoms with Crippen molar-refractivity contribution in [2.24, 2.45) is 0 Å². The number of benzene rings is 1. The Morgan fingerprint density at radius 1 is 1.15 bits per heavy atom. The fourth-order valence-electron chi connectivity index (χ4n) is 2.35. The van der Waals surface area contributed by atoms with Crippen molar-refractivity contribution < 1.29 is 28.7 Å². The first-order valence-electron chi connectivity index (χ1n) is 7.73. The largest absolute Gasteiger partial charge is 0.493 e. The number of hydrogen-bond donors (Lipinski definition) is 1. The minimum absolute atomic E-state index is 0.120. The fraction of sp³-hybridized carbons (Fsp3) is 0.294. The number of rotatable bonds is 8. The van der Waals surface area contributed by atoms with E-state index in [9.17, 15) is 19.7 Å². The first kappa shape index (κ1) is 20.2. The highest BCUT2D eigenvalue weighted by Gasteiger charge is 2.23. The highest BCUT2D eigenvalue weighted by Crippen LogP contribution is 2.31. The summed E-state index contributed by atoms with van der Waals surface area (Å²) in [6, 6.07) is 6.88. The summed E-state index contributed by atoms with van der Waals surface area (Å²) in [6.07, 6.45) is -0.120. The van der Waals surface area contributed by atoms with Crippen molar-refractivity contribution in [2.75, 3.05) is 21.3 Å². The number of thiophene rings is 1. The molecule has 0 spiro atoms. The van der Waals surface area contributed by atoms with Crippen LogP contribution in [0, 0.1) is 10.1 Å². The molecule has 0 radical (unpaired) electrons. The zero-order chi connectivity index (χ0) is 20.0. The maximum absolute atomic E-state index is 12.5. The van der Waals surface area contributed by atoms with Crippen LogP contribution in [-0.4, -0.2) is 38.1 Å². The number of ether oxygens (including phenoxy) is 3. The lowest BCUT2D eigenvalue weighted by Gasteiger charge is -2.19. The molecule has 10 heteroatoms. The molecule has 27 heavy (non-hydrogen) atoms. The van der Waals surface area contributed by atoms with E-state index in [-0.39, 0.29) is 16.3 Å². The molecule has 9 nitrogen and oxygen atoms in total. The van der Waals surface area contributed by atoms with Crippen LogP contribution >= 0.6 is 11.3 Å². The summed E-state index contributed by atoms with van der Waals surface area (Å²) in [5.41, 5.74) is 0.595. The van der Waals surface area contributed by atoms with Crippen molar-refractivity contribution in [1.82, 2.24) is 5.32 Å². The van der Waals surface area contributed by atoms with Gasteiger partial charge >= 0.3 is 11.0 Å². The van der Waals surface area contributed by atoms with Crippen LogP contribution in [-0.2, 0) is 9.53 Å². The molecule has 0 saturated carbocycles. The zero-order valence-electron chi connectivity index (χ0n) is 14.9. The van der Waals surface area contributed by atoms with E-state index < -0.39 is 22.8 Å². The Labute approximate surface area is 159 Å². The third kappa shape index (κ3) is 4.94. The third-order valence-corrected chi connectivity index (χ3v) is 4.74. The highest BCUT2D eigenvalue weighted by molar-refractivity contribution is 7.17. The molecular weight excluding hydrogens is 376 g/mol. The molecule has 1 heterocycles. The van der Waals surface area contributed by atoms with Crippen molar-refractivity contribution in [3.8, 4) is 11.5 Å². The summed E-state index contributed by atoms with van der Waals surface area (Å²) in [7, 11) is 4.22. The van der Waals surface area contributed by atoms with Crippen LogP contribution in [0.15, 0.2) is 30.3 Å². The van der Waals surface area contributed by atoms with Crippen molar-refractivity contribution >= 4 is 28.2 Å². The van der Waals surface area contributed by atoms with Crippen LogP contribution in [0.2, 0.25) is 0 Å². The smallest absolute Gasteiger partial charge is 0.324 e. The number of hydrogen-bond acceptors (Lipinski definition) is 8. The lowest BCUT2D eigenvalue weighted by Crippen LogP contribution is -2.30. The molecule has 2 rings (SSSR count). The van der Waals surface area contributed by atoms with E-state index >= 15 is 0 Å². The van der Waals surface area contributed by atoms with Crippen molar-refractivity contribution in [2.45, 2.75) is 12.5 Å². The van der Waals surface area contributed by atoms with Crippen LogP contribution in [0.25, 0.3) is 0 Å². The summed E-state index contributed by atoms with van der Waals surface area (Å²) in [5.74, 6) is -0.117. The average Bonchev–Trinajstić information content (AvgIpc) is 3.17. The second-order valence-electron chi connectivity index (χ2n) is 5.32. The van der Waals surface area contributed by atoms with Gasteiger partial charge in [0.05, 0.1) is 43.6 Å². The Hall–Kier alpha value is -3.14. The molecule has 1 aromatic carbocycles. The zero-order valence-corrected chi connectivity index (χ0v) is 15.7. The van der Waals surface area contributed by atoms with E-state index in [1.165, 1.54) is 33.5 Å². The SMILES string of the molecule is COC(=O)CC(NC(=O)c1ccc([N+](=O)[O-])s1)c1ccc(OC)c(OC)c1. The van der Waals surface area contributed by atoms with E-state index in [2.05, 4.69) is 5.32 Å². The predicted molar refractivity (Wildman–Crippen MR) is 97.4 cm³/mol. The van der Waals surface area contributed by atoms with Gasteiger partial charge in [-0.3, -0.25) is 19.7 Å². The summed E-state index contributed by atoms with van der Waals surface area (Å²) < 4.78 is 15.1. The lowest BCUT2D eigenvalue weighted by atomic mass is 10.0. The minimum Gasteiger partial charge on any atom is -0.493 e. The molecule has 0 aliphatic carbocycles. The van der Waals surface area contributed by atoms with Crippen molar-refractivity contribution in [3.05, 3.63) is 50.9 Å². The third-order valence-electron chi connectivity index (χ3n) is 3.71. The number of amides is 1. The normalized spacial score (nSPS) is 11.4. The highest BCUT2D eigenvalue weighted by atomic mass is 32.1. The van der Waals surface area contributed by atoms with E-state index in [0.29, 0.717) is 17.1 Å². The lowest BCUT2D eigenvalue weighted by molar-refractivity contribution is -0.380. The Kier molecular flexibility index (Phi) is 6.72. The first-order valence-corrected chi connectivity index (χ1v) is 8.55. The van der Waals surface area contributed by atoms with Crippen molar-refractivity contribution in [3.63, 3.8) is 0 Å². The predicted octanol–water partition coefficient (Wildman–Crippen LogP) is 2.71. The molecule has 144 valence electrons. The molecule has 1 unspecified atom stereocenters. The van der Waals surface area contributed by atoms with Crippen LogP contribution < -0.4 is 14.8 Å². The number of carbonyl (C=O) groups excluding carboxylic acids is 2. The van der Waals surface area contributed by atoms with Crippen LogP contribution in [0.5, 0.6) is 11.5 Å².